The van der Waals surface area contributed by atoms with Gasteiger partial charge < -0.3 is 117 Å². The number of hydrogen-bond donors (Lipinski definition) is 23. The van der Waals surface area contributed by atoms with Crippen molar-refractivity contribution in [2.45, 2.75) is 250 Å². The molecule has 0 aromatic carbocycles. The van der Waals surface area contributed by atoms with Gasteiger partial charge in [-0.25, -0.2) is 9.78 Å². The van der Waals surface area contributed by atoms with Crippen LogP contribution in [0.25, 0.3) is 0 Å². The van der Waals surface area contributed by atoms with Gasteiger partial charge >= 0.3 is 29.8 Å². The van der Waals surface area contributed by atoms with Crippen molar-refractivity contribution in [1.29, 1.82) is 0 Å². The van der Waals surface area contributed by atoms with E-state index in [0.717, 1.165) is 0 Å². The molecule has 1 aromatic rings. The number of carboxylic acids is 5. The quantitative estimate of drug-likeness (QED) is 0.0215. The van der Waals surface area contributed by atoms with E-state index in [4.69, 9.17) is 22.3 Å². The summed E-state index contributed by atoms with van der Waals surface area (Å²) in [6, 6.07) is -20.3. The molecule has 0 spiro atoms. The zero-order valence-corrected chi connectivity index (χ0v) is 64.4. The van der Waals surface area contributed by atoms with Gasteiger partial charge in [-0.15, -0.1) is 0 Å². The molecule has 0 fully saturated rings. The number of carbonyl (C=O) groups excluding carboxylic acids is 13. The van der Waals surface area contributed by atoms with Crippen molar-refractivity contribution in [2.75, 3.05) is 25.4 Å². The zero-order valence-electron chi connectivity index (χ0n) is 63.5. The molecule has 0 aliphatic carbocycles. The normalized spacial score (nSPS) is 14.8. The Labute approximate surface area is 642 Å². The third-order valence-electron chi connectivity index (χ3n) is 16.4. The van der Waals surface area contributed by atoms with Gasteiger partial charge in [0.25, 0.3) is 0 Å². The van der Waals surface area contributed by atoms with Crippen molar-refractivity contribution in [3.8, 4) is 0 Å². The van der Waals surface area contributed by atoms with Crippen LogP contribution >= 0.6 is 12.6 Å². The van der Waals surface area contributed by atoms with Gasteiger partial charge in [0.1, 0.15) is 72.5 Å². The van der Waals surface area contributed by atoms with Gasteiger partial charge in [0.05, 0.1) is 37.4 Å². The first-order chi connectivity index (χ1) is 51.5. The number of aliphatic carboxylic acids is 5. The molecule has 0 bridgehead atoms. The molecule has 0 saturated carbocycles. The summed E-state index contributed by atoms with van der Waals surface area (Å²) in [6.07, 6.45) is -1.82. The number of carbonyl (C=O) groups is 18. The number of carboxylic acid groups (broad SMARTS) is 5. The van der Waals surface area contributed by atoms with E-state index < -0.39 is 242 Å². The Kier molecular flexibility index (Phi) is 45.7. The van der Waals surface area contributed by atoms with Gasteiger partial charge in [0.2, 0.25) is 76.8 Å². The molecule has 1 heterocycles. The molecule has 13 amide bonds. The zero-order chi connectivity index (χ0) is 83.7. The van der Waals surface area contributed by atoms with Crippen molar-refractivity contribution >= 4 is 119 Å². The van der Waals surface area contributed by atoms with Crippen LogP contribution in [0.4, 0.5) is 0 Å². The molecular weight excluding hydrogens is 1470 g/mol. The van der Waals surface area contributed by atoms with E-state index in [0.29, 0.717) is 12.1 Å². The highest BCUT2D eigenvalue weighted by atomic mass is 32.1. The number of nitrogens with zero attached hydrogens (tertiary/aromatic N) is 1. The fraction of sp³-hybridized carbons (Fsp3) is 0.691. The van der Waals surface area contributed by atoms with Crippen LogP contribution in [0, 0.1) is 23.7 Å². The number of amides is 13. The van der Waals surface area contributed by atoms with Gasteiger partial charge in [-0.3, -0.25) is 81.5 Å². The third-order valence-corrected chi connectivity index (χ3v) is 16.8. The number of unbranched alkanes of at least 4 members (excludes halogenated alkanes) is 2. The van der Waals surface area contributed by atoms with Crippen molar-refractivity contribution in [3.63, 3.8) is 0 Å². The Morgan fingerprint density at radius 1 is 0.391 bits per heavy atom. The number of hydrogen-bond acceptors (Lipinski definition) is 23. The molecule has 41 nitrogen and oxygen atoms in total. The van der Waals surface area contributed by atoms with Gasteiger partial charge in [-0.1, -0.05) is 55.4 Å². The first-order valence-corrected chi connectivity index (χ1v) is 36.9. The second-order valence-corrected chi connectivity index (χ2v) is 28.6. The Balaban J connectivity index is 3.49. The summed E-state index contributed by atoms with van der Waals surface area (Å²) < 4.78 is 0. The highest BCUT2D eigenvalue weighted by Crippen LogP contribution is 2.15. The maximum atomic E-state index is 14.4. The number of nitrogens with one attached hydrogen (secondary N) is 14. The minimum atomic E-state index is -2.07. The van der Waals surface area contributed by atoms with Crippen molar-refractivity contribution in [2.24, 2.45) is 40.9 Å². The first-order valence-electron chi connectivity index (χ1n) is 36.3. The SMILES string of the molecule is CC(C)C[C@H](NC(=O)CNC(=O)[C@H](C)NC(=O)[C@H](CC(C)C)NC(=O)[C@H](CS)NC(=O)[C@@H](N)Cc1c[nH]cn1)C(=O)N[C@@H](CCCCN)C(=O)N[C@@H](CCCCN)C(=O)N[C@@H](CC(=O)O)C(=O)N[C@@H](CC(C)C)C(=O)N[C@@H](CCC(=O)O)C(=O)N[C@@H](CC(=O)O)C(=O)N[C@@H](CC(C)C)C(=O)N[C@@H](CCC(=O)O)C(=O)O. The number of rotatable bonds is 56. The predicted octanol–water partition coefficient (Wildman–Crippen LogP) is -4.63. The van der Waals surface area contributed by atoms with Crippen LogP contribution in [0.5, 0.6) is 0 Å². The van der Waals surface area contributed by atoms with E-state index in [2.05, 4.69) is 91.7 Å². The van der Waals surface area contributed by atoms with E-state index in [1.165, 1.54) is 13.3 Å². The van der Waals surface area contributed by atoms with Crippen LogP contribution in [-0.4, -0.2) is 246 Å². The largest absolute Gasteiger partial charge is 0.481 e. The second-order valence-electron chi connectivity index (χ2n) is 28.2. The van der Waals surface area contributed by atoms with E-state index in [9.17, 15) is 107 Å². The summed E-state index contributed by atoms with van der Waals surface area (Å²) >= 11 is 4.20. The summed E-state index contributed by atoms with van der Waals surface area (Å²) in [4.78, 5) is 246. The van der Waals surface area contributed by atoms with Crippen LogP contribution in [0.15, 0.2) is 12.5 Å². The molecule has 0 saturated heterocycles. The Hall–Kier alpha value is -10.1. The highest BCUT2D eigenvalue weighted by molar-refractivity contribution is 7.80. The molecule has 0 unspecified atom stereocenters. The number of aromatic amines is 1. The summed E-state index contributed by atoms with van der Waals surface area (Å²) in [5.74, 6) is -22.6. The van der Waals surface area contributed by atoms with Crippen LogP contribution in [0.1, 0.15) is 171 Å². The molecular formula is C68H114N18O23S. The smallest absolute Gasteiger partial charge is 0.326 e. The summed E-state index contributed by atoms with van der Waals surface area (Å²) in [6.45, 7) is 14.2. The predicted molar refractivity (Wildman–Crippen MR) is 395 cm³/mol. The van der Waals surface area contributed by atoms with Gasteiger partial charge in [0, 0.05) is 31.2 Å². The lowest BCUT2D eigenvalue weighted by Crippen LogP contribution is -2.61. The number of H-pyrrole nitrogens is 1. The molecule has 0 aliphatic heterocycles. The van der Waals surface area contributed by atoms with E-state index in [1.54, 1.807) is 61.6 Å². The highest BCUT2D eigenvalue weighted by Gasteiger charge is 2.38. The molecule has 620 valence electrons. The average molecular weight is 1580 g/mol. The molecule has 1 rings (SSSR count). The van der Waals surface area contributed by atoms with E-state index in [-0.39, 0.29) is 94.9 Å². The van der Waals surface area contributed by atoms with Crippen LogP contribution < -0.4 is 86.3 Å². The number of nitrogens with two attached hydrogens (primary N) is 3. The lowest BCUT2D eigenvalue weighted by Gasteiger charge is -2.28. The van der Waals surface area contributed by atoms with Crippen molar-refractivity contribution < 1.29 is 112 Å². The summed E-state index contributed by atoms with van der Waals surface area (Å²) in [5, 5.41) is 79.4. The fourth-order valence-electron chi connectivity index (χ4n) is 10.8. The van der Waals surface area contributed by atoms with Crippen LogP contribution in [0.2, 0.25) is 0 Å². The van der Waals surface area contributed by atoms with E-state index in [1.807, 2.05) is 0 Å². The number of imidazole rings is 1. The maximum Gasteiger partial charge on any atom is 0.326 e. The maximum absolute atomic E-state index is 14.4. The second kappa shape index (κ2) is 51.3. The van der Waals surface area contributed by atoms with Crippen molar-refractivity contribution in [3.05, 3.63) is 18.2 Å². The Bertz CT molecular complexity index is 3270. The standard InChI is InChI=1S/C68H114N18O23S/c1-33(2)22-44(76-51(87)30-73-56(96)37(9)75-61(101)45(23-34(3)4)83-67(107)50(31-110)86-57(97)39(71)26-38-29-72-32-74-38)62(102)78-40(14-10-12-20-69)58(98)77-41(15-11-13-21-70)59(99)84-48(27-54(92)93)65(105)81-46(24-35(5)6)63(103)79-42(16-18-52(88)89)60(100)85-49(28-55(94)95)66(106)82-47(25-36(7)8)64(104)80-43(68(108)109)17-19-53(90)91/h29,32-37,39-50,110H,10-28,30-31,69-71H2,1-9H3,(H,72,74)(H,73,96)(H,75,101)(H,76,87)(H,77,98)(H,78,102)(H,79,103)(H,80,104)(H,81,105)(H,82,106)(H,83,107)(H,84,99)(H,85,100)(H,86,97)(H,88,89)(H,90,91)(H,92,93)(H,94,95)(H,108,109)/t37-,39-,40-,41-,42-,43-,44-,45-,46-,47-,48-,49-,50-/m0/s1. The molecule has 110 heavy (non-hydrogen) atoms. The molecule has 25 N–H and O–H groups in total. The van der Waals surface area contributed by atoms with Crippen molar-refractivity contribution in [1.82, 2.24) is 79.1 Å². The molecule has 1 aromatic heterocycles. The minimum Gasteiger partial charge on any atom is -0.481 e. The topological polar surface area (TPSA) is 672 Å². The minimum absolute atomic E-state index is 0.0215. The van der Waals surface area contributed by atoms with Gasteiger partial charge in [-0.2, -0.15) is 12.6 Å². The average Bonchev–Trinajstić information content (AvgIpc) is 0.776. The van der Waals surface area contributed by atoms with Crippen LogP contribution in [-0.2, 0) is 92.7 Å². The lowest BCUT2D eigenvalue weighted by atomic mass is 10.0. The third kappa shape index (κ3) is 39.8. The summed E-state index contributed by atoms with van der Waals surface area (Å²) in [7, 11) is 0. The lowest BCUT2D eigenvalue weighted by molar-refractivity contribution is -0.144. The summed E-state index contributed by atoms with van der Waals surface area (Å²) in [5.41, 5.74) is 18.1. The van der Waals surface area contributed by atoms with Crippen LogP contribution in [0.3, 0.4) is 0 Å². The molecule has 0 aliphatic rings. The molecule has 13 atom stereocenters. The molecule has 42 heteroatoms. The number of aromatic nitrogens is 2. The Morgan fingerprint density at radius 2 is 0.709 bits per heavy atom. The Morgan fingerprint density at radius 3 is 1.05 bits per heavy atom. The van der Waals surface area contributed by atoms with Gasteiger partial charge in [-0.05, 0) is 121 Å². The van der Waals surface area contributed by atoms with Gasteiger partial charge in [0.15, 0.2) is 0 Å². The number of thiol groups is 1. The van der Waals surface area contributed by atoms with E-state index >= 15 is 0 Å². The first kappa shape index (κ1) is 97.9. The fourth-order valence-corrected chi connectivity index (χ4v) is 11.0. The molecule has 0 radical (unpaired) electrons. The monoisotopic (exact) mass is 1580 g/mol.